The second-order valence-corrected chi connectivity index (χ2v) is 6.61. The Morgan fingerprint density at radius 3 is 3.10 bits per heavy atom. The molecular weight excluding hydrogens is 326 g/mol. The number of nitrogens with zero attached hydrogens (tertiary/aromatic N) is 2. The van der Waals surface area contributed by atoms with Crippen LogP contribution in [0.25, 0.3) is 5.69 Å². The molecule has 0 bridgehead atoms. The Morgan fingerprint density at radius 1 is 1.38 bits per heavy atom. The lowest BCUT2D eigenvalue weighted by atomic mass is 10.1. The third kappa shape index (κ3) is 3.22. The molecule has 1 heterocycles. The Morgan fingerprint density at radius 2 is 2.29 bits per heavy atom. The molecule has 1 unspecified atom stereocenters. The first-order chi connectivity index (χ1) is 10.3. The molecule has 1 atom stereocenters. The van der Waals surface area contributed by atoms with E-state index in [1.165, 1.54) is 36.9 Å². The van der Waals surface area contributed by atoms with Crippen LogP contribution in [0.5, 0.6) is 0 Å². The minimum absolute atomic E-state index is 0.461. The van der Waals surface area contributed by atoms with E-state index >= 15 is 0 Å². The van der Waals surface area contributed by atoms with E-state index in [9.17, 15) is 0 Å². The van der Waals surface area contributed by atoms with Crippen LogP contribution >= 0.6 is 15.9 Å². The van der Waals surface area contributed by atoms with Gasteiger partial charge in [0.15, 0.2) is 0 Å². The summed E-state index contributed by atoms with van der Waals surface area (Å²) < 4.78 is 3.21. The van der Waals surface area contributed by atoms with Gasteiger partial charge in [-0.25, -0.2) is 4.68 Å². The second kappa shape index (κ2) is 6.75. The first kappa shape index (κ1) is 14.8. The molecule has 1 aromatic carbocycles. The summed E-state index contributed by atoms with van der Waals surface area (Å²) in [5.41, 5.74) is 3.90. The van der Waals surface area contributed by atoms with Gasteiger partial charge < -0.3 is 5.32 Å². The van der Waals surface area contributed by atoms with Gasteiger partial charge in [0.25, 0.3) is 0 Å². The molecule has 21 heavy (non-hydrogen) atoms. The van der Waals surface area contributed by atoms with Crippen LogP contribution in [-0.2, 0) is 6.42 Å². The van der Waals surface area contributed by atoms with Crippen LogP contribution < -0.4 is 5.32 Å². The summed E-state index contributed by atoms with van der Waals surface area (Å²) in [6, 6.07) is 8.83. The highest BCUT2D eigenvalue weighted by atomic mass is 79.9. The number of rotatable bonds is 4. The van der Waals surface area contributed by atoms with E-state index in [0.29, 0.717) is 6.04 Å². The SMILES string of the molecule is CCCNC1CCCCc2c1cnn2-c1cccc(Br)c1. The van der Waals surface area contributed by atoms with Gasteiger partial charge in [-0.3, -0.25) is 0 Å². The number of nitrogens with one attached hydrogen (secondary N) is 1. The maximum atomic E-state index is 4.66. The molecular formula is C17H22BrN3. The topological polar surface area (TPSA) is 29.9 Å². The van der Waals surface area contributed by atoms with Crippen LogP contribution in [0.2, 0.25) is 0 Å². The smallest absolute Gasteiger partial charge is 0.0660 e. The lowest BCUT2D eigenvalue weighted by Crippen LogP contribution is -2.22. The maximum absolute atomic E-state index is 4.66. The summed E-state index contributed by atoms with van der Waals surface area (Å²) in [7, 11) is 0. The fourth-order valence-corrected chi connectivity index (χ4v) is 3.47. The van der Waals surface area contributed by atoms with Gasteiger partial charge in [0.2, 0.25) is 0 Å². The van der Waals surface area contributed by atoms with Crippen molar-refractivity contribution < 1.29 is 0 Å². The summed E-state index contributed by atoms with van der Waals surface area (Å²) in [4.78, 5) is 0. The van der Waals surface area contributed by atoms with Crippen molar-refractivity contribution in [3.63, 3.8) is 0 Å². The van der Waals surface area contributed by atoms with Crippen molar-refractivity contribution in [1.82, 2.24) is 15.1 Å². The summed E-state index contributed by atoms with van der Waals surface area (Å²) >= 11 is 3.55. The molecule has 1 N–H and O–H groups in total. The van der Waals surface area contributed by atoms with Gasteiger partial charge in [-0.05, 0) is 50.4 Å². The van der Waals surface area contributed by atoms with Crippen molar-refractivity contribution in [2.24, 2.45) is 0 Å². The van der Waals surface area contributed by atoms with Gasteiger partial charge in [0.05, 0.1) is 11.9 Å². The van der Waals surface area contributed by atoms with Gasteiger partial charge in [-0.2, -0.15) is 5.10 Å². The molecule has 0 fully saturated rings. The molecule has 3 nitrogen and oxygen atoms in total. The second-order valence-electron chi connectivity index (χ2n) is 5.69. The average molecular weight is 348 g/mol. The van der Waals surface area contributed by atoms with Gasteiger partial charge in [-0.15, -0.1) is 0 Å². The van der Waals surface area contributed by atoms with E-state index in [2.05, 4.69) is 68.4 Å². The Labute approximate surface area is 134 Å². The van der Waals surface area contributed by atoms with Gasteiger partial charge in [0, 0.05) is 21.8 Å². The third-order valence-electron chi connectivity index (χ3n) is 4.13. The summed E-state index contributed by atoms with van der Waals surface area (Å²) in [6.07, 6.45) is 8.11. The number of hydrogen-bond donors (Lipinski definition) is 1. The molecule has 0 saturated heterocycles. The van der Waals surface area contributed by atoms with Gasteiger partial charge >= 0.3 is 0 Å². The molecule has 3 rings (SSSR count). The fraction of sp³-hybridized carbons (Fsp3) is 0.471. The van der Waals surface area contributed by atoms with Crippen LogP contribution in [0.15, 0.2) is 34.9 Å². The fourth-order valence-electron chi connectivity index (χ4n) is 3.09. The molecule has 0 radical (unpaired) electrons. The van der Waals surface area contributed by atoms with Crippen LogP contribution in [0.3, 0.4) is 0 Å². The number of halogens is 1. The van der Waals surface area contributed by atoms with Crippen molar-refractivity contribution in [3.8, 4) is 5.69 Å². The maximum Gasteiger partial charge on any atom is 0.0660 e. The molecule has 0 amide bonds. The molecule has 0 spiro atoms. The molecule has 1 aliphatic carbocycles. The number of benzene rings is 1. The molecule has 0 saturated carbocycles. The first-order valence-electron chi connectivity index (χ1n) is 7.85. The predicted octanol–water partition coefficient (Wildman–Crippen LogP) is 4.40. The quantitative estimate of drug-likeness (QED) is 0.830. The van der Waals surface area contributed by atoms with Crippen molar-refractivity contribution >= 4 is 15.9 Å². The summed E-state index contributed by atoms with van der Waals surface area (Å²) in [5.74, 6) is 0. The van der Waals surface area contributed by atoms with Gasteiger partial charge in [0.1, 0.15) is 0 Å². The monoisotopic (exact) mass is 347 g/mol. The van der Waals surface area contributed by atoms with E-state index in [0.717, 1.165) is 23.1 Å². The molecule has 1 aliphatic rings. The molecule has 0 aliphatic heterocycles. The van der Waals surface area contributed by atoms with Crippen LogP contribution in [0.4, 0.5) is 0 Å². The van der Waals surface area contributed by atoms with Crippen molar-refractivity contribution in [3.05, 3.63) is 46.2 Å². The van der Waals surface area contributed by atoms with Crippen molar-refractivity contribution in [2.75, 3.05) is 6.54 Å². The minimum atomic E-state index is 0.461. The zero-order chi connectivity index (χ0) is 14.7. The Bertz CT molecular complexity index is 606. The highest BCUT2D eigenvalue weighted by molar-refractivity contribution is 9.10. The molecule has 4 heteroatoms. The van der Waals surface area contributed by atoms with E-state index in [-0.39, 0.29) is 0 Å². The molecule has 1 aromatic heterocycles. The van der Waals surface area contributed by atoms with E-state index in [1.807, 2.05) is 0 Å². The third-order valence-corrected chi connectivity index (χ3v) is 4.62. The van der Waals surface area contributed by atoms with Crippen LogP contribution in [0, 0.1) is 0 Å². The Balaban J connectivity index is 1.96. The zero-order valence-electron chi connectivity index (χ0n) is 12.5. The largest absolute Gasteiger partial charge is 0.310 e. The number of fused-ring (bicyclic) bond motifs is 1. The summed E-state index contributed by atoms with van der Waals surface area (Å²) in [5, 5.41) is 8.35. The first-order valence-corrected chi connectivity index (χ1v) is 8.65. The number of hydrogen-bond acceptors (Lipinski definition) is 2. The van der Waals surface area contributed by atoms with Crippen LogP contribution in [0.1, 0.15) is 49.9 Å². The van der Waals surface area contributed by atoms with Crippen LogP contribution in [-0.4, -0.2) is 16.3 Å². The molecule has 2 aromatic rings. The lowest BCUT2D eigenvalue weighted by molar-refractivity contribution is 0.489. The number of aromatic nitrogens is 2. The minimum Gasteiger partial charge on any atom is -0.310 e. The van der Waals surface area contributed by atoms with Gasteiger partial charge in [-0.1, -0.05) is 35.3 Å². The summed E-state index contributed by atoms with van der Waals surface area (Å²) in [6.45, 7) is 3.29. The van der Waals surface area contributed by atoms with Crippen molar-refractivity contribution in [2.45, 2.75) is 45.1 Å². The standard InChI is InChI=1S/C17H22BrN3/c1-2-10-19-16-8-3-4-9-17-15(16)12-20-21(17)14-7-5-6-13(18)11-14/h5-7,11-12,16,19H,2-4,8-10H2,1H3. The van der Waals surface area contributed by atoms with E-state index in [4.69, 9.17) is 0 Å². The predicted molar refractivity (Wildman–Crippen MR) is 89.9 cm³/mol. The normalized spacial score (nSPS) is 18.3. The highest BCUT2D eigenvalue weighted by Crippen LogP contribution is 2.30. The van der Waals surface area contributed by atoms with E-state index in [1.54, 1.807) is 0 Å². The highest BCUT2D eigenvalue weighted by Gasteiger charge is 2.22. The molecule has 112 valence electrons. The Hall–Kier alpha value is -1.13. The average Bonchev–Trinajstić information content (AvgIpc) is 2.80. The Kier molecular flexibility index (Phi) is 4.76. The zero-order valence-corrected chi connectivity index (χ0v) is 14.1. The van der Waals surface area contributed by atoms with E-state index < -0.39 is 0 Å². The van der Waals surface area contributed by atoms with Crippen molar-refractivity contribution in [1.29, 1.82) is 0 Å². The lowest BCUT2D eigenvalue weighted by Gasteiger charge is -2.16.